The summed E-state index contributed by atoms with van der Waals surface area (Å²) in [4.78, 5) is 17.6. The highest BCUT2D eigenvalue weighted by atomic mass is 16.5. The molecule has 1 saturated carbocycles. The molecular weight excluding hydrogens is 374 g/mol. The lowest BCUT2D eigenvalue weighted by molar-refractivity contribution is 0.0730. The van der Waals surface area contributed by atoms with Gasteiger partial charge in [0.2, 0.25) is 5.88 Å². The molecule has 5 nitrogen and oxygen atoms in total. The second kappa shape index (κ2) is 8.74. The molecule has 0 radical (unpaired) electrons. The van der Waals surface area contributed by atoms with Crippen LogP contribution in [0.2, 0.25) is 0 Å². The third-order valence-electron chi connectivity index (χ3n) is 5.74. The van der Waals surface area contributed by atoms with Crippen LogP contribution in [0.3, 0.4) is 0 Å². The first-order valence-corrected chi connectivity index (χ1v) is 10.8. The van der Waals surface area contributed by atoms with Crippen LogP contribution in [0.5, 0.6) is 0 Å². The normalized spacial score (nSPS) is 13.3. The Morgan fingerprint density at radius 3 is 2.30 bits per heavy atom. The van der Waals surface area contributed by atoms with E-state index >= 15 is 0 Å². The number of nitrogens with zero attached hydrogens (tertiary/aromatic N) is 3. The van der Waals surface area contributed by atoms with Gasteiger partial charge in [-0.2, -0.15) is 0 Å². The maximum absolute atomic E-state index is 13.4. The van der Waals surface area contributed by atoms with Gasteiger partial charge in [0.25, 0.3) is 5.91 Å². The molecule has 156 valence electrons. The van der Waals surface area contributed by atoms with E-state index in [1.54, 1.807) is 0 Å². The summed E-state index contributed by atoms with van der Waals surface area (Å²) in [6.07, 6.45) is 2.09. The molecule has 30 heavy (non-hydrogen) atoms. The van der Waals surface area contributed by atoms with Crippen molar-refractivity contribution in [3.63, 3.8) is 0 Å². The van der Waals surface area contributed by atoms with Crippen molar-refractivity contribution >= 4 is 11.8 Å². The summed E-state index contributed by atoms with van der Waals surface area (Å²) in [6, 6.07) is 18.2. The molecule has 3 aromatic rings. The number of carbonyl (C=O) groups excluding carboxylic acids is 1. The Kier molecular flexibility index (Phi) is 5.88. The maximum atomic E-state index is 13.4. The second-order valence-corrected chi connectivity index (χ2v) is 7.88. The van der Waals surface area contributed by atoms with Crippen molar-refractivity contribution in [1.29, 1.82) is 0 Å². The molecule has 1 fully saturated rings. The first kappa shape index (κ1) is 20.2. The monoisotopic (exact) mass is 403 g/mol. The number of amides is 1. The zero-order valence-corrected chi connectivity index (χ0v) is 18.0. The lowest BCUT2D eigenvalue weighted by Crippen LogP contribution is -2.33. The van der Waals surface area contributed by atoms with Gasteiger partial charge in [-0.25, -0.2) is 0 Å². The average molecular weight is 404 g/mol. The van der Waals surface area contributed by atoms with E-state index in [0.717, 1.165) is 59.8 Å². The van der Waals surface area contributed by atoms with Crippen LogP contribution in [0.15, 0.2) is 59.1 Å². The average Bonchev–Trinajstić information content (AvgIpc) is 3.54. The van der Waals surface area contributed by atoms with E-state index in [0.29, 0.717) is 6.54 Å². The Morgan fingerprint density at radius 1 is 1.03 bits per heavy atom. The SMILES string of the molecule is CCN(CC)c1onc(-c2ccccc2)c1CN(C(=O)c1ccc(C)cc1)C1CC1. The molecule has 2 aromatic carbocycles. The molecular formula is C25H29N3O2. The topological polar surface area (TPSA) is 49.6 Å². The number of aryl methyl sites for hydroxylation is 1. The fraction of sp³-hybridized carbons (Fsp3) is 0.360. The first-order chi connectivity index (χ1) is 14.6. The predicted molar refractivity (Wildman–Crippen MR) is 120 cm³/mol. The van der Waals surface area contributed by atoms with Gasteiger partial charge in [-0.1, -0.05) is 53.2 Å². The van der Waals surface area contributed by atoms with Crippen molar-refractivity contribution in [2.24, 2.45) is 0 Å². The Morgan fingerprint density at radius 2 is 1.70 bits per heavy atom. The summed E-state index contributed by atoms with van der Waals surface area (Å²) >= 11 is 0. The van der Waals surface area contributed by atoms with Crippen LogP contribution in [0, 0.1) is 6.92 Å². The molecule has 1 aliphatic carbocycles. The molecule has 1 amide bonds. The summed E-state index contributed by atoms with van der Waals surface area (Å²) in [5.74, 6) is 0.837. The molecule has 5 heteroatoms. The van der Waals surface area contributed by atoms with Crippen LogP contribution in [-0.4, -0.2) is 35.1 Å². The fourth-order valence-electron chi connectivity index (χ4n) is 3.81. The van der Waals surface area contributed by atoms with Gasteiger partial charge >= 0.3 is 0 Å². The summed E-state index contributed by atoms with van der Waals surface area (Å²) in [7, 11) is 0. The van der Waals surface area contributed by atoms with Gasteiger partial charge in [-0.15, -0.1) is 0 Å². The number of hydrogen-bond acceptors (Lipinski definition) is 4. The van der Waals surface area contributed by atoms with E-state index in [4.69, 9.17) is 4.52 Å². The van der Waals surface area contributed by atoms with Gasteiger partial charge in [0.1, 0.15) is 5.69 Å². The molecule has 0 spiro atoms. The van der Waals surface area contributed by atoms with E-state index in [1.807, 2.05) is 66.4 Å². The van der Waals surface area contributed by atoms with Crippen LogP contribution in [0.1, 0.15) is 48.2 Å². The molecule has 0 N–H and O–H groups in total. The summed E-state index contributed by atoms with van der Waals surface area (Å²) in [6.45, 7) is 8.39. The molecule has 1 aromatic heterocycles. The van der Waals surface area contributed by atoms with Crippen molar-refractivity contribution in [1.82, 2.24) is 10.1 Å². The van der Waals surface area contributed by atoms with E-state index in [9.17, 15) is 4.79 Å². The highest BCUT2D eigenvalue weighted by Crippen LogP contribution is 2.36. The largest absolute Gasteiger partial charge is 0.341 e. The Balaban J connectivity index is 1.72. The lowest BCUT2D eigenvalue weighted by Gasteiger charge is -2.25. The molecule has 4 rings (SSSR count). The number of anilines is 1. The first-order valence-electron chi connectivity index (χ1n) is 10.8. The highest BCUT2D eigenvalue weighted by molar-refractivity contribution is 5.94. The molecule has 1 heterocycles. The van der Waals surface area contributed by atoms with Crippen molar-refractivity contribution < 1.29 is 9.32 Å². The van der Waals surface area contributed by atoms with Gasteiger partial charge in [0, 0.05) is 30.3 Å². The second-order valence-electron chi connectivity index (χ2n) is 7.88. The highest BCUT2D eigenvalue weighted by Gasteiger charge is 2.35. The number of benzene rings is 2. The van der Waals surface area contributed by atoms with Crippen LogP contribution >= 0.6 is 0 Å². The number of hydrogen-bond donors (Lipinski definition) is 0. The van der Waals surface area contributed by atoms with Crippen LogP contribution in [0.4, 0.5) is 5.88 Å². The van der Waals surface area contributed by atoms with Crippen LogP contribution in [-0.2, 0) is 6.54 Å². The van der Waals surface area contributed by atoms with Crippen molar-refractivity contribution in [2.45, 2.75) is 46.2 Å². The molecule has 1 aliphatic rings. The fourth-order valence-corrected chi connectivity index (χ4v) is 3.81. The smallest absolute Gasteiger partial charge is 0.254 e. The standard InChI is InChI=1S/C25H29N3O2/c1-4-27(5-2)25-22(23(26-30-25)19-9-7-6-8-10-19)17-28(21-15-16-21)24(29)20-13-11-18(3)12-14-20/h6-14,21H,4-5,15-17H2,1-3H3. The van der Waals surface area contributed by atoms with Gasteiger partial charge in [0.05, 0.1) is 12.1 Å². The maximum Gasteiger partial charge on any atom is 0.254 e. The summed E-state index contributed by atoms with van der Waals surface area (Å²) in [5, 5.41) is 4.43. The zero-order chi connectivity index (χ0) is 21.1. The van der Waals surface area contributed by atoms with Gasteiger partial charge in [-0.3, -0.25) is 4.79 Å². The quantitative estimate of drug-likeness (QED) is 0.512. The summed E-state index contributed by atoms with van der Waals surface area (Å²) in [5.41, 5.74) is 4.69. The van der Waals surface area contributed by atoms with E-state index in [1.165, 1.54) is 0 Å². The van der Waals surface area contributed by atoms with Crippen LogP contribution < -0.4 is 4.90 Å². The molecule has 0 atom stereocenters. The van der Waals surface area contributed by atoms with Gasteiger partial charge in [0.15, 0.2) is 0 Å². The Hall–Kier alpha value is -3.08. The van der Waals surface area contributed by atoms with E-state index in [-0.39, 0.29) is 11.9 Å². The van der Waals surface area contributed by atoms with Crippen LogP contribution in [0.25, 0.3) is 11.3 Å². The Labute approximate surface area is 178 Å². The number of aromatic nitrogens is 1. The molecule has 0 unspecified atom stereocenters. The van der Waals surface area contributed by atoms with Crippen molar-refractivity contribution in [3.05, 3.63) is 71.3 Å². The van der Waals surface area contributed by atoms with E-state index in [2.05, 4.69) is 23.9 Å². The van der Waals surface area contributed by atoms with E-state index < -0.39 is 0 Å². The lowest BCUT2D eigenvalue weighted by atomic mass is 10.1. The van der Waals surface area contributed by atoms with Gasteiger partial charge in [-0.05, 0) is 45.7 Å². The van der Waals surface area contributed by atoms with Crippen molar-refractivity contribution in [3.8, 4) is 11.3 Å². The molecule has 0 bridgehead atoms. The number of rotatable bonds is 8. The third-order valence-corrected chi connectivity index (χ3v) is 5.74. The minimum Gasteiger partial charge on any atom is -0.341 e. The third kappa shape index (κ3) is 4.11. The van der Waals surface area contributed by atoms with Crippen molar-refractivity contribution in [2.75, 3.05) is 18.0 Å². The predicted octanol–water partition coefficient (Wildman–Crippen LogP) is 5.30. The minimum atomic E-state index is 0.0724. The van der Waals surface area contributed by atoms with Gasteiger partial charge < -0.3 is 14.3 Å². The molecule has 0 saturated heterocycles. The number of carbonyl (C=O) groups is 1. The molecule has 0 aliphatic heterocycles. The minimum absolute atomic E-state index is 0.0724. The zero-order valence-electron chi connectivity index (χ0n) is 18.0. The summed E-state index contributed by atoms with van der Waals surface area (Å²) < 4.78 is 5.83. The Bertz CT molecular complexity index is 987.